The van der Waals surface area contributed by atoms with E-state index in [0.29, 0.717) is 11.3 Å². The van der Waals surface area contributed by atoms with Crippen LogP contribution < -0.4 is 0 Å². The molecule has 0 aromatic rings. The Balaban J connectivity index is 0.942. The van der Waals surface area contributed by atoms with Gasteiger partial charge in [0.15, 0.2) is 25.2 Å². The molecule has 0 bridgehead atoms. The fourth-order valence-electron chi connectivity index (χ4n) is 18.6. The molecule has 0 spiro atoms. The van der Waals surface area contributed by atoms with Gasteiger partial charge >= 0.3 is 0 Å². The number of fused-ring (bicyclic) bond motifs is 5. The van der Waals surface area contributed by atoms with E-state index in [-0.39, 0.29) is 57.8 Å². The van der Waals surface area contributed by atoms with Gasteiger partial charge in [0.25, 0.3) is 0 Å². The molecule has 496 valence electrons. The molecule has 5 N–H and O–H groups in total. The first-order valence-electron chi connectivity index (χ1n) is 32.4. The van der Waals surface area contributed by atoms with Gasteiger partial charge in [0, 0.05) is 99.7 Å². The van der Waals surface area contributed by atoms with Crippen molar-refractivity contribution < 1.29 is 101 Å². The third kappa shape index (κ3) is 14.7. The van der Waals surface area contributed by atoms with Crippen LogP contribution in [-0.4, -0.2) is 240 Å². The molecular weight excluding hydrogens is 1100 g/mol. The second kappa shape index (κ2) is 32.1. The van der Waals surface area contributed by atoms with Gasteiger partial charge in [0.1, 0.15) is 42.7 Å². The number of hydrogen-bond acceptors (Lipinski definition) is 21. The molecule has 21 heteroatoms. The van der Waals surface area contributed by atoms with Gasteiger partial charge in [-0.25, -0.2) is 0 Å². The fourth-order valence-corrected chi connectivity index (χ4v) is 18.6. The van der Waals surface area contributed by atoms with Gasteiger partial charge in [-0.2, -0.15) is 0 Å². The Bertz CT molecular complexity index is 1940. The summed E-state index contributed by atoms with van der Waals surface area (Å²) in [6, 6.07) is 0. The minimum absolute atomic E-state index is 0.0106. The summed E-state index contributed by atoms with van der Waals surface area (Å²) in [5.41, 5.74) is 0.725. The van der Waals surface area contributed by atoms with E-state index in [9.17, 15) is 25.5 Å². The van der Waals surface area contributed by atoms with Crippen LogP contribution in [0.4, 0.5) is 0 Å². The lowest BCUT2D eigenvalue weighted by molar-refractivity contribution is -0.386. The molecule has 0 amide bonds. The minimum Gasteiger partial charge on any atom is -0.396 e. The molecule has 4 heterocycles. The molecule has 0 radical (unpaired) electrons. The van der Waals surface area contributed by atoms with Gasteiger partial charge in [0.2, 0.25) is 0 Å². The summed E-state index contributed by atoms with van der Waals surface area (Å²) in [6.45, 7) is 10.9. The maximum Gasteiger partial charge on any atom is 0.185 e. The number of rotatable bonds is 30. The summed E-state index contributed by atoms with van der Waals surface area (Å²) in [4.78, 5) is 0. The van der Waals surface area contributed by atoms with Crippen molar-refractivity contribution in [2.45, 2.75) is 210 Å². The maximum atomic E-state index is 11.4. The zero-order chi connectivity index (χ0) is 61.3. The molecular formula is C64H114O21. The van der Waals surface area contributed by atoms with E-state index in [1.165, 1.54) is 100 Å². The molecule has 8 aliphatic rings. The van der Waals surface area contributed by atoms with Crippen LogP contribution in [0.25, 0.3) is 0 Å². The van der Waals surface area contributed by atoms with Gasteiger partial charge in [-0.3, -0.25) is 0 Å². The fraction of sp³-hybridized carbons (Fsp3) is 1.00. The van der Waals surface area contributed by atoms with E-state index < -0.39 is 135 Å². The third-order valence-electron chi connectivity index (χ3n) is 22.9. The maximum absolute atomic E-state index is 11.4. The van der Waals surface area contributed by atoms with Crippen molar-refractivity contribution in [1.29, 1.82) is 0 Å². The van der Waals surface area contributed by atoms with Gasteiger partial charge in [0.05, 0.1) is 76.8 Å². The second-order valence-electron chi connectivity index (χ2n) is 27.5. The topological polar surface area (TPSA) is 249 Å². The Morgan fingerprint density at radius 2 is 0.835 bits per heavy atom. The summed E-state index contributed by atoms with van der Waals surface area (Å²) in [6.07, 6.45) is 1.36. The molecule has 0 aromatic carbocycles. The number of methoxy groups -OCH3 is 8. The van der Waals surface area contributed by atoms with E-state index >= 15 is 0 Å². The second-order valence-corrected chi connectivity index (χ2v) is 27.5. The smallest absolute Gasteiger partial charge is 0.185 e. The van der Waals surface area contributed by atoms with Crippen LogP contribution in [0.3, 0.4) is 0 Å². The van der Waals surface area contributed by atoms with Crippen LogP contribution in [0, 0.1) is 81.8 Å². The molecule has 0 aromatic heterocycles. The summed E-state index contributed by atoms with van der Waals surface area (Å²) >= 11 is 0. The highest BCUT2D eigenvalue weighted by molar-refractivity contribution is 5.10. The van der Waals surface area contributed by atoms with Gasteiger partial charge in [-0.1, -0.05) is 53.9 Å². The van der Waals surface area contributed by atoms with Crippen LogP contribution >= 0.6 is 0 Å². The predicted octanol–water partition coefficient (Wildman–Crippen LogP) is 5.24. The molecule has 85 heavy (non-hydrogen) atoms. The lowest BCUT2D eigenvalue weighted by Gasteiger charge is -2.61. The monoisotopic (exact) mass is 1220 g/mol. The molecule has 4 saturated carbocycles. The lowest BCUT2D eigenvalue weighted by Crippen LogP contribution is -2.66. The highest BCUT2D eigenvalue weighted by atomic mass is 16.8. The first-order chi connectivity index (χ1) is 41.0. The Morgan fingerprint density at radius 3 is 1.27 bits per heavy atom. The van der Waals surface area contributed by atoms with E-state index in [1.54, 1.807) is 14.2 Å². The molecule has 8 rings (SSSR count). The first-order valence-corrected chi connectivity index (χ1v) is 32.4. The first kappa shape index (κ1) is 70.0. The third-order valence-corrected chi connectivity index (χ3v) is 22.9. The van der Waals surface area contributed by atoms with Crippen molar-refractivity contribution in [2.24, 2.45) is 81.8 Å². The molecule has 4 aliphatic carbocycles. The normalized spacial score (nSPS) is 46.2. The van der Waals surface area contributed by atoms with Crippen LogP contribution in [0.2, 0.25) is 0 Å². The van der Waals surface area contributed by atoms with Crippen LogP contribution in [-0.2, 0) is 75.8 Å². The quantitative estimate of drug-likeness (QED) is 0.0577. The number of aliphatic hydroxyl groups excluding tert-OH is 5. The van der Waals surface area contributed by atoms with E-state index in [1.807, 2.05) is 0 Å². The largest absolute Gasteiger partial charge is 0.396 e. The standard InChI is InChI=1S/C64H114O21/c1-35(2)15-14-16-36(3)45-19-20-46-39-18-17-37-25-38(21-23-63(37,4)47(39)22-24-64(45,46)5)78-59-56(75-11)42(28-67)52(49(80-59)32-71-7)84-61-58(77-13)44(30-69)54(51(82-61)34-73-9)85-62-57(76-12)43(29-68)53(50(81-62)33-72-8)83-60-55(74-10)41(27-66)40(26-65)48(79-60)31-70-6/h35-62,65-69H,14-34H2,1-13H3/t36?,37?,38?,39?,40-,41-,42-,43-,44-,45?,46?,47?,48?,49?,50?,51?,52-,53-,54-,55?,56?,57?,58?,59?,60?,61?,62?,63-,64+/m0/s1. The molecule has 4 saturated heterocycles. The molecule has 19 unspecified atom stereocenters. The van der Waals surface area contributed by atoms with E-state index in [0.717, 1.165) is 54.8 Å². The Labute approximate surface area is 507 Å². The molecule has 4 aliphatic heterocycles. The number of hydrogen-bond donors (Lipinski definition) is 5. The van der Waals surface area contributed by atoms with Gasteiger partial charge < -0.3 is 101 Å². The van der Waals surface area contributed by atoms with E-state index in [4.69, 9.17) is 75.8 Å². The average Bonchev–Trinajstić information content (AvgIpc) is 1.96. The molecule has 21 nitrogen and oxygen atoms in total. The van der Waals surface area contributed by atoms with E-state index in [2.05, 4.69) is 34.6 Å². The minimum atomic E-state index is -1.19. The lowest BCUT2D eigenvalue weighted by atomic mass is 9.44. The Kier molecular flexibility index (Phi) is 26.5. The van der Waals surface area contributed by atoms with Crippen LogP contribution in [0.1, 0.15) is 112 Å². The molecule has 8 fully saturated rings. The highest BCUT2D eigenvalue weighted by Crippen LogP contribution is 2.68. The Morgan fingerprint density at radius 1 is 0.424 bits per heavy atom. The van der Waals surface area contributed by atoms with Crippen molar-refractivity contribution in [3.63, 3.8) is 0 Å². The summed E-state index contributed by atoms with van der Waals surface area (Å²) in [5.74, 6) is 1.94. The van der Waals surface area contributed by atoms with Gasteiger partial charge in [-0.15, -0.1) is 0 Å². The summed E-state index contributed by atoms with van der Waals surface area (Å²) in [5, 5.41) is 54.8. The summed E-state index contributed by atoms with van der Waals surface area (Å²) in [7, 11) is 12.2. The van der Waals surface area contributed by atoms with Crippen molar-refractivity contribution in [3.8, 4) is 0 Å². The Hall–Kier alpha value is -0.840. The number of aliphatic hydroxyl groups is 5. The van der Waals surface area contributed by atoms with Gasteiger partial charge in [-0.05, 0) is 110 Å². The van der Waals surface area contributed by atoms with Crippen molar-refractivity contribution >= 4 is 0 Å². The zero-order valence-electron chi connectivity index (χ0n) is 53.8. The SMILES string of the molecule is COCC1OC(O[C@@H]2C(COC)OC(O[C@@H]3C(COC)OC(O[C@@H]4C(COC)OC(OC5CC[C@@]6(C)C(CCC7C8CCC(C(C)CCCC(C)C)[C@@]8(C)CCC76)C5)C(OC)[C@H]4CO)C(OC)[C@H]3CO)C(OC)[C@H]2CO)C(OC)[C@@H](CO)[C@@H]1CO. The van der Waals surface area contributed by atoms with Crippen molar-refractivity contribution in [3.05, 3.63) is 0 Å². The predicted molar refractivity (Wildman–Crippen MR) is 311 cm³/mol. The van der Waals surface area contributed by atoms with Crippen molar-refractivity contribution in [2.75, 3.05) is 116 Å². The zero-order valence-corrected chi connectivity index (χ0v) is 53.8. The summed E-state index contributed by atoms with van der Waals surface area (Å²) < 4.78 is 101. The number of ether oxygens (including phenoxy) is 16. The van der Waals surface area contributed by atoms with Crippen LogP contribution in [0.15, 0.2) is 0 Å². The average molecular weight is 1220 g/mol. The molecule has 29 atom stereocenters. The van der Waals surface area contributed by atoms with Crippen molar-refractivity contribution in [1.82, 2.24) is 0 Å². The highest BCUT2D eigenvalue weighted by Gasteiger charge is 2.62. The van der Waals surface area contributed by atoms with Crippen LogP contribution in [0.5, 0.6) is 0 Å².